The fourth-order valence-corrected chi connectivity index (χ4v) is 2.53. The summed E-state index contributed by atoms with van der Waals surface area (Å²) in [7, 11) is 0. The lowest BCUT2D eigenvalue weighted by Gasteiger charge is -2.57. The van der Waals surface area contributed by atoms with Gasteiger partial charge in [-0.15, -0.1) is 0 Å². The van der Waals surface area contributed by atoms with Gasteiger partial charge >= 0.3 is 0 Å². The van der Waals surface area contributed by atoms with E-state index in [1.807, 2.05) is 0 Å². The zero-order valence-electron chi connectivity index (χ0n) is 10.0. The molecule has 0 aliphatic carbocycles. The van der Waals surface area contributed by atoms with Crippen LogP contribution in [0.4, 0.5) is 5.82 Å². The van der Waals surface area contributed by atoms with Crippen molar-refractivity contribution in [2.24, 2.45) is 0 Å². The molecule has 3 heterocycles. The molecular formula is C13H19N3. The number of hydrogen-bond acceptors (Lipinski definition) is 3. The van der Waals surface area contributed by atoms with E-state index in [1.165, 1.54) is 18.7 Å². The van der Waals surface area contributed by atoms with Gasteiger partial charge in [0.1, 0.15) is 5.82 Å². The highest BCUT2D eigenvalue weighted by atomic mass is 15.3. The van der Waals surface area contributed by atoms with E-state index in [0.717, 1.165) is 18.9 Å². The quantitative estimate of drug-likeness (QED) is 0.818. The van der Waals surface area contributed by atoms with Gasteiger partial charge in [0.2, 0.25) is 0 Å². The van der Waals surface area contributed by atoms with Crippen LogP contribution in [0.5, 0.6) is 0 Å². The highest BCUT2D eigenvalue weighted by molar-refractivity contribution is 5.46. The first-order valence-corrected chi connectivity index (χ1v) is 6.15. The number of rotatable bonds is 2. The maximum Gasteiger partial charge on any atom is 0.128 e. The van der Waals surface area contributed by atoms with Gasteiger partial charge in [-0.05, 0) is 31.0 Å². The Hall–Kier alpha value is -1.09. The fraction of sp³-hybridized carbons (Fsp3) is 0.615. The zero-order chi connectivity index (χ0) is 11.2. The van der Waals surface area contributed by atoms with Crippen LogP contribution in [-0.4, -0.2) is 30.2 Å². The van der Waals surface area contributed by atoms with Crippen LogP contribution in [0.15, 0.2) is 18.2 Å². The van der Waals surface area contributed by atoms with Crippen LogP contribution in [-0.2, 0) is 0 Å². The molecular weight excluding hydrogens is 198 g/mol. The number of nitrogens with zero attached hydrogens (tertiary/aromatic N) is 2. The molecule has 0 unspecified atom stereocenters. The Morgan fingerprint density at radius 3 is 2.69 bits per heavy atom. The molecule has 0 amide bonds. The third-order valence-corrected chi connectivity index (χ3v) is 3.76. The molecule has 1 aromatic rings. The molecule has 1 N–H and O–H groups in total. The largest absolute Gasteiger partial charge is 0.353 e. The predicted molar refractivity (Wildman–Crippen MR) is 65.9 cm³/mol. The van der Waals surface area contributed by atoms with E-state index in [2.05, 4.69) is 42.3 Å². The molecule has 86 valence electrons. The van der Waals surface area contributed by atoms with Gasteiger partial charge < -0.3 is 10.2 Å². The van der Waals surface area contributed by atoms with Gasteiger partial charge in [-0.2, -0.15) is 0 Å². The molecule has 1 aromatic heterocycles. The molecule has 2 aliphatic heterocycles. The molecule has 3 heteroatoms. The topological polar surface area (TPSA) is 28.2 Å². The van der Waals surface area contributed by atoms with Crippen LogP contribution in [0.3, 0.4) is 0 Å². The van der Waals surface area contributed by atoms with Crippen molar-refractivity contribution in [1.29, 1.82) is 0 Å². The number of nitrogens with one attached hydrogen (secondary N) is 1. The predicted octanol–water partition coefficient (Wildman–Crippen LogP) is 1.76. The second kappa shape index (κ2) is 3.45. The van der Waals surface area contributed by atoms with Gasteiger partial charge in [-0.3, -0.25) is 0 Å². The van der Waals surface area contributed by atoms with Crippen LogP contribution in [0.1, 0.15) is 31.9 Å². The molecule has 2 fully saturated rings. The SMILES string of the molecule is CC(C)c1cccc(N2CC3(CCN3)C2)n1. The summed E-state index contributed by atoms with van der Waals surface area (Å²) in [6, 6.07) is 6.36. The average molecular weight is 217 g/mol. The monoisotopic (exact) mass is 217 g/mol. The first kappa shape index (κ1) is 10.1. The van der Waals surface area contributed by atoms with Gasteiger partial charge in [0.15, 0.2) is 0 Å². The van der Waals surface area contributed by atoms with Crippen molar-refractivity contribution < 1.29 is 0 Å². The minimum absolute atomic E-state index is 0.440. The van der Waals surface area contributed by atoms with Crippen molar-refractivity contribution in [3.63, 3.8) is 0 Å². The summed E-state index contributed by atoms with van der Waals surface area (Å²) in [6.07, 6.45) is 1.33. The molecule has 3 nitrogen and oxygen atoms in total. The van der Waals surface area contributed by atoms with Crippen molar-refractivity contribution in [1.82, 2.24) is 10.3 Å². The Bertz CT molecular complexity index is 388. The van der Waals surface area contributed by atoms with Crippen molar-refractivity contribution >= 4 is 5.82 Å². The molecule has 0 atom stereocenters. The molecule has 2 aliphatic rings. The van der Waals surface area contributed by atoms with Gasteiger partial charge in [0.05, 0.1) is 5.54 Å². The summed E-state index contributed by atoms with van der Waals surface area (Å²) >= 11 is 0. The van der Waals surface area contributed by atoms with Crippen molar-refractivity contribution in [3.8, 4) is 0 Å². The minimum atomic E-state index is 0.440. The van der Waals surface area contributed by atoms with E-state index in [4.69, 9.17) is 4.98 Å². The lowest BCUT2D eigenvalue weighted by atomic mass is 9.80. The normalized spacial score (nSPS) is 22.1. The van der Waals surface area contributed by atoms with Crippen LogP contribution < -0.4 is 10.2 Å². The van der Waals surface area contributed by atoms with Crippen LogP contribution in [0.25, 0.3) is 0 Å². The molecule has 1 spiro atoms. The first-order valence-electron chi connectivity index (χ1n) is 6.15. The Balaban J connectivity index is 1.73. The van der Waals surface area contributed by atoms with E-state index in [-0.39, 0.29) is 0 Å². The number of pyridine rings is 1. The lowest BCUT2D eigenvalue weighted by Crippen LogP contribution is -2.76. The number of hydrogen-bond donors (Lipinski definition) is 1. The second-order valence-corrected chi connectivity index (χ2v) is 5.39. The molecule has 3 rings (SSSR count). The maximum atomic E-state index is 4.72. The van der Waals surface area contributed by atoms with E-state index in [1.54, 1.807) is 0 Å². The summed E-state index contributed by atoms with van der Waals surface area (Å²) in [4.78, 5) is 7.09. The van der Waals surface area contributed by atoms with Crippen molar-refractivity contribution in [2.75, 3.05) is 24.5 Å². The van der Waals surface area contributed by atoms with E-state index in [9.17, 15) is 0 Å². The van der Waals surface area contributed by atoms with Gasteiger partial charge in [0, 0.05) is 18.8 Å². The van der Waals surface area contributed by atoms with Crippen LogP contribution in [0.2, 0.25) is 0 Å². The summed E-state index contributed by atoms with van der Waals surface area (Å²) in [5.41, 5.74) is 1.63. The summed E-state index contributed by atoms with van der Waals surface area (Å²) in [5, 5.41) is 3.53. The molecule has 0 saturated carbocycles. The van der Waals surface area contributed by atoms with Crippen molar-refractivity contribution in [3.05, 3.63) is 23.9 Å². The standard InChI is InChI=1S/C13H19N3/c1-10(2)11-4-3-5-12(15-11)16-8-13(9-16)6-7-14-13/h3-5,10,14H,6-9H2,1-2H3. The van der Waals surface area contributed by atoms with Crippen LogP contribution >= 0.6 is 0 Å². The summed E-state index contributed by atoms with van der Waals surface area (Å²) in [5.74, 6) is 1.66. The minimum Gasteiger partial charge on any atom is -0.353 e. The Labute approximate surface area is 96.9 Å². The van der Waals surface area contributed by atoms with Crippen molar-refractivity contribution in [2.45, 2.75) is 31.7 Å². The van der Waals surface area contributed by atoms with Crippen LogP contribution in [0, 0.1) is 0 Å². The fourth-order valence-electron chi connectivity index (χ4n) is 2.53. The molecule has 16 heavy (non-hydrogen) atoms. The molecule has 0 aromatic carbocycles. The van der Waals surface area contributed by atoms with E-state index >= 15 is 0 Å². The summed E-state index contributed by atoms with van der Waals surface area (Å²) < 4.78 is 0. The molecule has 0 radical (unpaired) electrons. The highest BCUT2D eigenvalue weighted by Crippen LogP contribution is 2.33. The van der Waals surface area contributed by atoms with E-state index < -0.39 is 0 Å². The smallest absolute Gasteiger partial charge is 0.128 e. The second-order valence-electron chi connectivity index (χ2n) is 5.39. The van der Waals surface area contributed by atoms with E-state index in [0.29, 0.717) is 11.5 Å². The Kier molecular flexibility index (Phi) is 2.18. The Morgan fingerprint density at radius 2 is 2.12 bits per heavy atom. The maximum absolute atomic E-state index is 4.72. The molecule has 0 bridgehead atoms. The third kappa shape index (κ3) is 1.50. The number of aromatic nitrogens is 1. The summed E-state index contributed by atoms with van der Waals surface area (Å²) in [6.45, 7) is 7.82. The van der Waals surface area contributed by atoms with Gasteiger partial charge in [0.25, 0.3) is 0 Å². The van der Waals surface area contributed by atoms with Gasteiger partial charge in [-0.1, -0.05) is 19.9 Å². The zero-order valence-corrected chi connectivity index (χ0v) is 10.0. The average Bonchev–Trinajstić information content (AvgIpc) is 2.14. The highest BCUT2D eigenvalue weighted by Gasteiger charge is 2.47. The number of anilines is 1. The van der Waals surface area contributed by atoms with Gasteiger partial charge in [-0.25, -0.2) is 4.98 Å². The lowest BCUT2D eigenvalue weighted by molar-refractivity contribution is 0.158. The first-order chi connectivity index (χ1) is 7.69. The Morgan fingerprint density at radius 1 is 1.38 bits per heavy atom. The molecule has 2 saturated heterocycles. The third-order valence-electron chi connectivity index (χ3n) is 3.76.